The Labute approximate surface area is 104 Å². The molecule has 0 saturated carbocycles. The van der Waals surface area contributed by atoms with Crippen molar-refractivity contribution in [3.63, 3.8) is 0 Å². The summed E-state index contributed by atoms with van der Waals surface area (Å²) in [5, 5.41) is 2.27. The molecule has 0 atom stereocenters. The number of hydrogen-bond acceptors (Lipinski definition) is 0. The van der Waals surface area contributed by atoms with Crippen molar-refractivity contribution in [1.82, 2.24) is 4.57 Å². The number of fused-ring (bicyclic) bond motifs is 1. The number of aromatic nitrogens is 1. The Bertz CT molecular complexity index is 483. The fourth-order valence-electron chi connectivity index (χ4n) is 1.86. The first-order valence-electron chi connectivity index (χ1n) is 4.55. The van der Waals surface area contributed by atoms with Crippen LogP contribution in [0.2, 0.25) is 10.0 Å². The SMILES string of the molecule is Cc1c(CCl)n(C)c2cc(Cl)c(Cl)cc12. The summed E-state index contributed by atoms with van der Waals surface area (Å²) in [5.41, 5.74) is 3.34. The number of nitrogens with zero attached hydrogens (tertiary/aromatic N) is 1. The number of hydrogen-bond donors (Lipinski definition) is 0. The van der Waals surface area contributed by atoms with Gasteiger partial charge >= 0.3 is 0 Å². The minimum atomic E-state index is 0.492. The Hall–Kier alpha value is -0.370. The molecule has 0 aliphatic heterocycles. The molecule has 1 nitrogen and oxygen atoms in total. The van der Waals surface area contributed by atoms with Gasteiger partial charge in [0.15, 0.2) is 0 Å². The van der Waals surface area contributed by atoms with E-state index in [1.165, 1.54) is 5.56 Å². The first-order chi connectivity index (χ1) is 7.06. The molecule has 0 saturated heterocycles. The topological polar surface area (TPSA) is 4.93 Å². The Morgan fingerprint density at radius 2 is 1.80 bits per heavy atom. The predicted molar refractivity (Wildman–Crippen MR) is 67.2 cm³/mol. The van der Waals surface area contributed by atoms with Crippen LogP contribution in [0.4, 0.5) is 0 Å². The summed E-state index contributed by atoms with van der Waals surface area (Å²) in [5.74, 6) is 0.492. The molecule has 15 heavy (non-hydrogen) atoms. The second-order valence-electron chi connectivity index (χ2n) is 3.55. The number of benzene rings is 1. The van der Waals surface area contributed by atoms with Crippen LogP contribution in [0.25, 0.3) is 10.9 Å². The van der Waals surface area contributed by atoms with Crippen LogP contribution >= 0.6 is 34.8 Å². The highest BCUT2D eigenvalue weighted by atomic mass is 35.5. The van der Waals surface area contributed by atoms with Gasteiger partial charge in [-0.25, -0.2) is 0 Å². The summed E-state index contributed by atoms with van der Waals surface area (Å²) in [6.45, 7) is 2.05. The largest absolute Gasteiger partial charge is 0.346 e. The second-order valence-corrected chi connectivity index (χ2v) is 4.63. The van der Waals surface area contributed by atoms with Gasteiger partial charge in [-0.05, 0) is 24.6 Å². The number of rotatable bonds is 1. The molecular weight excluding hydrogens is 252 g/mol. The maximum atomic E-state index is 5.99. The van der Waals surface area contributed by atoms with Crippen LogP contribution < -0.4 is 0 Å². The van der Waals surface area contributed by atoms with Gasteiger partial charge in [0.1, 0.15) is 0 Å². The van der Waals surface area contributed by atoms with E-state index in [1.807, 2.05) is 26.1 Å². The maximum Gasteiger partial charge on any atom is 0.0630 e. The van der Waals surface area contributed by atoms with Crippen molar-refractivity contribution in [3.05, 3.63) is 33.4 Å². The highest BCUT2D eigenvalue weighted by Gasteiger charge is 2.12. The third-order valence-electron chi connectivity index (χ3n) is 2.77. The molecule has 0 N–H and O–H groups in total. The monoisotopic (exact) mass is 261 g/mol. The van der Waals surface area contributed by atoms with Crippen LogP contribution in [0.5, 0.6) is 0 Å². The van der Waals surface area contributed by atoms with Crippen molar-refractivity contribution in [1.29, 1.82) is 0 Å². The first-order valence-corrected chi connectivity index (χ1v) is 5.84. The van der Waals surface area contributed by atoms with Crippen LogP contribution in [-0.4, -0.2) is 4.57 Å². The summed E-state index contributed by atoms with van der Waals surface area (Å²) in [4.78, 5) is 0. The van der Waals surface area contributed by atoms with Gasteiger partial charge in [-0.15, -0.1) is 11.6 Å². The molecule has 2 rings (SSSR count). The normalized spacial score (nSPS) is 11.3. The molecule has 1 aromatic heterocycles. The molecule has 1 aromatic carbocycles. The van der Waals surface area contributed by atoms with Gasteiger partial charge in [-0.2, -0.15) is 0 Å². The predicted octanol–water partition coefficient (Wildman–Crippen LogP) is 4.53. The smallest absolute Gasteiger partial charge is 0.0630 e. The Morgan fingerprint density at radius 3 is 2.40 bits per heavy atom. The average Bonchev–Trinajstić information content (AvgIpc) is 2.42. The summed E-state index contributed by atoms with van der Waals surface area (Å²) < 4.78 is 2.06. The van der Waals surface area contributed by atoms with E-state index in [2.05, 4.69) is 4.57 Å². The third kappa shape index (κ3) is 1.63. The molecule has 0 fully saturated rings. The van der Waals surface area contributed by atoms with E-state index < -0.39 is 0 Å². The molecule has 2 aromatic rings. The first kappa shape index (κ1) is 11.1. The zero-order chi connectivity index (χ0) is 11.2. The average molecular weight is 263 g/mol. The molecular formula is C11H10Cl3N. The zero-order valence-corrected chi connectivity index (χ0v) is 10.7. The molecule has 0 aliphatic carbocycles. The lowest BCUT2D eigenvalue weighted by molar-refractivity contribution is 0.899. The highest BCUT2D eigenvalue weighted by molar-refractivity contribution is 6.42. The lowest BCUT2D eigenvalue weighted by Gasteiger charge is -2.01. The van der Waals surface area contributed by atoms with E-state index in [0.717, 1.165) is 16.6 Å². The molecule has 0 amide bonds. The quantitative estimate of drug-likeness (QED) is 0.665. The minimum Gasteiger partial charge on any atom is -0.346 e. The number of halogens is 3. The fraction of sp³-hybridized carbons (Fsp3) is 0.273. The van der Waals surface area contributed by atoms with Crippen LogP contribution in [0.15, 0.2) is 12.1 Å². The van der Waals surface area contributed by atoms with Crippen LogP contribution in [0, 0.1) is 6.92 Å². The van der Waals surface area contributed by atoms with Gasteiger partial charge in [-0.1, -0.05) is 23.2 Å². The van der Waals surface area contributed by atoms with E-state index in [-0.39, 0.29) is 0 Å². The molecule has 1 heterocycles. The van der Waals surface area contributed by atoms with Crippen LogP contribution in [0.3, 0.4) is 0 Å². The zero-order valence-electron chi connectivity index (χ0n) is 8.44. The van der Waals surface area contributed by atoms with E-state index in [1.54, 1.807) is 0 Å². The van der Waals surface area contributed by atoms with Crippen molar-refractivity contribution in [2.24, 2.45) is 7.05 Å². The van der Waals surface area contributed by atoms with Gasteiger partial charge in [0, 0.05) is 23.6 Å². The van der Waals surface area contributed by atoms with Gasteiger partial charge in [0.2, 0.25) is 0 Å². The standard InChI is InChI=1S/C11H10Cl3N/c1-6-7-3-8(13)9(14)4-10(7)15(2)11(6)5-12/h3-4H,5H2,1-2H3. The number of alkyl halides is 1. The van der Waals surface area contributed by atoms with Crippen LogP contribution in [-0.2, 0) is 12.9 Å². The third-order valence-corrected chi connectivity index (χ3v) is 3.74. The molecule has 4 heteroatoms. The van der Waals surface area contributed by atoms with Crippen molar-refractivity contribution in [2.75, 3.05) is 0 Å². The molecule has 0 aliphatic rings. The summed E-state index contributed by atoms with van der Waals surface area (Å²) >= 11 is 17.9. The molecule has 80 valence electrons. The molecule has 0 unspecified atom stereocenters. The Morgan fingerprint density at radius 1 is 1.20 bits per heavy atom. The maximum absolute atomic E-state index is 5.99. The van der Waals surface area contributed by atoms with E-state index in [9.17, 15) is 0 Å². The second kappa shape index (κ2) is 3.89. The molecule has 0 bridgehead atoms. The fourth-order valence-corrected chi connectivity index (χ4v) is 2.56. The Kier molecular flexibility index (Phi) is 2.89. The van der Waals surface area contributed by atoms with Crippen LogP contribution in [0.1, 0.15) is 11.3 Å². The summed E-state index contributed by atoms with van der Waals surface area (Å²) in [6.07, 6.45) is 0. The lowest BCUT2D eigenvalue weighted by Crippen LogP contribution is -1.93. The van der Waals surface area contributed by atoms with Crippen molar-refractivity contribution < 1.29 is 0 Å². The van der Waals surface area contributed by atoms with E-state index in [0.29, 0.717) is 15.9 Å². The molecule has 0 spiro atoms. The van der Waals surface area contributed by atoms with Crippen molar-refractivity contribution in [2.45, 2.75) is 12.8 Å². The lowest BCUT2D eigenvalue weighted by atomic mass is 10.1. The van der Waals surface area contributed by atoms with E-state index >= 15 is 0 Å². The van der Waals surface area contributed by atoms with Crippen molar-refractivity contribution in [3.8, 4) is 0 Å². The minimum absolute atomic E-state index is 0.492. The van der Waals surface area contributed by atoms with Crippen molar-refractivity contribution >= 4 is 45.7 Å². The van der Waals surface area contributed by atoms with Gasteiger partial charge in [0.25, 0.3) is 0 Å². The Balaban J connectivity index is 2.90. The van der Waals surface area contributed by atoms with Gasteiger partial charge in [-0.3, -0.25) is 0 Å². The number of aryl methyl sites for hydroxylation is 2. The van der Waals surface area contributed by atoms with E-state index in [4.69, 9.17) is 34.8 Å². The van der Waals surface area contributed by atoms with Gasteiger partial charge < -0.3 is 4.57 Å². The van der Waals surface area contributed by atoms with Gasteiger partial charge in [0.05, 0.1) is 15.9 Å². The summed E-state index contributed by atoms with van der Waals surface area (Å²) in [7, 11) is 1.98. The highest BCUT2D eigenvalue weighted by Crippen LogP contribution is 2.32. The summed E-state index contributed by atoms with van der Waals surface area (Å²) in [6, 6.07) is 3.77. The molecule has 0 radical (unpaired) electrons.